The number of rotatable bonds is 4. The van der Waals surface area contributed by atoms with Gasteiger partial charge in [0.2, 0.25) is 0 Å². The van der Waals surface area contributed by atoms with Crippen molar-refractivity contribution >= 4 is 17.1 Å². The summed E-state index contributed by atoms with van der Waals surface area (Å²) in [5.41, 5.74) is 4.67. The molecule has 110 valence electrons. The second kappa shape index (κ2) is 6.35. The van der Waals surface area contributed by atoms with Crippen LogP contribution in [0, 0.1) is 6.92 Å². The molecule has 3 aromatic carbocycles. The van der Waals surface area contributed by atoms with E-state index in [1.807, 2.05) is 18.2 Å². The molecule has 0 radical (unpaired) electrons. The van der Waals surface area contributed by atoms with Crippen molar-refractivity contribution in [2.24, 2.45) is 0 Å². The fourth-order valence-corrected chi connectivity index (χ4v) is 2.55. The van der Waals surface area contributed by atoms with E-state index in [-0.39, 0.29) is 0 Å². The van der Waals surface area contributed by atoms with Gasteiger partial charge in [-0.15, -0.1) is 0 Å². The monoisotopic (exact) mass is 289 g/mol. The average molecular weight is 289 g/mol. The Hall–Kier alpha value is -2.74. The highest BCUT2D eigenvalue weighted by Gasteiger charge is 2.13. The van der Waals surface area contributed by atoms with E-state index < -0.39 is 0 Å². The maximum absolute atomic E-state index is 5.27. The number of nitrogens with zero attached hydrogens (tertiary/aromatic N) is 1. The summed E-state index contributed by atoms with van der Waals surface area (Å²) in [4.78, 5) is 2.26. The molecule has 0 unspecified atom stereocenters. The van der Waals surface area contributed by atoms with Gasteiger partial charge >= 0.3 is 0 Å². The van der Waals surface area contributed by atoms with Crippen LogP contribution in [-0.4, -0.2) is 7.11 Å². The van der Waals surface area contributed by atoms with Gasteiger partial charge < -0.3 is 9.64 Å². The van der Waals surface area contributed by atoms with Crippen molar-refractivity contribution in [1.82, 2.24) is 0 Å². The quantitative estimate of drug-likeness (QED) is 0.631. The molecule has 0 aromatic heterocycles. The van der Waals surface area contributed by atoms with Gasteiger partial charge in [0.05, 0.1) is 7.11 Å². The zero-order valence-electron chi connectivity index (χ0n) is 12.9. The van der Waals surface area contributed by atoms with E-state index in [1.165, 1.54) is 11.3 Å². The number of hydrogen-bond donors (Lipinski definition) is 0. The third-order valence-corrected chi connectivity index (χ3v) is 3.70. The lowest BCUT2D eigenvalue weighted by Crippen LogP contribution is -2.11. The summed E-state index contributed by atoms with van der Waals surface area (Å²) in [5.74, 6) is 0.863. The molecule has 0 fully saturated rings. The molecule has 0 amide bonds. The van der Waals surface area contributed by atoms with Gasteiger partial charge in [-0.1, -0.05) is 36.4 Å². The van der Waals surface area contributed by atoms with Crippen LogP contribution in [-0.2, 0) is 0 Å². The highest BCUT2D eigenvalue weighted by molar-refractivity contribution is 5.78. The molecule has 0 atom stereocenters. The first-order valence-electron chi connectivity index (χ1n) is 7.34. The molecule has 0 saturated carbocycles. The molecule has 3 aromatic rings. The highest BCUT2D eigenvalue weighted by Crippen LogP contribution is 2.36. The van der Waals surface area contributed by atoms with Crippen molar-refractivity contribution < 1.29 is 4.74 Å². The number of para-hydroxylation sites is 2. The van der Waals surface area contributed by atoms with E-state index in [4.69, 9.17) is 4.74 Å². The first-order chi connectivity index (χ1) is 10.8. The first-order valence-corrected chi connectivity index (χ1v) is 7.34. The zero-order chi connectivity index (χ0) is 15.4. The molecule has 0 aliphatic carbocycles. The van der Waals surface area contributed by atoms with Gasteiger partial charge in [-0.05, 0) is 55.0 Å². The van der Waals surface area contributed by atoms with Gasteiger partial charge in [-0.25, -0.2) is 0 Å². The third kappa shape index (κ3) is 2.82. The number of benzene rings is 3. The van der Waals surface area contributed by atoms with Crippen molar-refractivity contribution in [3.8, 4) is 5.75 Å². The smallest absolute Gasteiger partial charge is 0.119 e. The maximum atomic E-state index is 5.27. The Kier molecular flexibility index (Phi) is 4.10. The minimum atomic E-state index is 0.863. The topological polar surface area (TPSA) is 12.5 Å². The van der Waals surface area contributed by atoms with Crippen LogP contribution in [0.3, 0.4) is 0 Å². The van der Waals surface area contributed by atoms with E-state index in [9.17, 15) is 0 Å². The second-order valence-corrected chi connectivity index (χ2v) is 5.16. The fraction of sp³-hybridized carbons (Fsp3) is 0.100. The molecule has 2 heteroatoms. The second-order valence-electron chi connectivity index (χ2n) is 5.16. The van der Waals surface area contributed by atoms with Gasteiger partial charge in [-0.3, -0.25) is 0 Å². The maximum Gasteiger partial charge on any atom is 0.119 e. The van der Waals surface area contributed by atoms with E-state index >= 15 is 0 Å². The Morgan fingerprint density at radius 3 is 1.91 bits per heavy atom. The fourth-order valence-electron chi connectivity index (χ4n) is 2.55. The summed E-state index contributed by atoms with van der Waals surface area (Å²) in [7, 11) is 1.69. The Bertz CT molecular complexity index is 735. The average Bonchev–Trinajstić information content (AvgIpc) is 2.58. The van der Waals surface area contributed by atoms with Crippen LogP contribution >= 0.6 is 0 Å². The lowest BCUT2D eigenvalue weighted by molar-refractivity contribution is 0.415. The van der Waals surface area contributed by atoms with Crippen LogP contribution in [0.5, 0.6) is 5.75 Å². The molecule has 3 rings (SSSR count). The Labute approximate surface area is 131 Å². The predicted octanol–water partition coefficient (Wildman–Crippen LogP) is 5.47. The minimum absolute atomic E-state index is 0.863. The van der Waals surface area contributed by atoms with Gasteiger partial charge in [-0.2, -0.15) is 0 Å². The third-order valence-electron chi connectivity index (χ3n) is 3.70. The van der Waals surface area contributed by atoms with Gasteiger partial charge in [0.15, 0.2) is 0 Å². The van der Waals surface area contributed by atoms with E-state index in [0.29, 0.717) is 0 Å². The summed E-state index contributed by atoms with van der Waals surface area (Å²) in [6.45, 7) is 2.13. The number of methoxy groups -OCH3 is 1. The number of anilines is 3. The molecule has 2 nitrogen and oxygen atoms in total. The number of aryl methyl sites for hydroxylation is 1. The summed E-state index contributed by atoms with van der Waals surface area (Å²) >= 11 is 0. The number of ether oxygens (including phenoxy) is 1. The Morgan fingerprint density at radius 2 is 1.27 bits per heavy atom. The van der Waals surface area contributed by atoms with E-state index in [1.54, 1.807) is 7.11 Å². The molecular weight excluding hydrogens is 270 g/mol. The standard InChI is InChI=1S/C20H19NO/c1-16-8-6-7-11-20(16)21(17-9-4-3-5-10-17)18-12-14-19(22-2)15-13-18/h3-15H,1-2H3. The van der Waals surface area contributed by atoms with Crippen LogP contribution in [0.1, 0.15) is 5.56 Å². The summed E-state index contributed by atoms with van der Waals surface area (Å²) < 4.78 is 5.27. The summed E-state index contributed by atoms with van der Waals surface area (Å²) in [5, 5.41) is 0. The van der Waals surface area contributed by atoms with Gasteiger partial charge in [0, 0.05) is 17.1 Å². The van der Waals surface area contributed by atoms with Crippen molar-refractivity contribution in [1.29, 1.82) is 0 Å². The van der Waals surface area contributed by atoms with Crippen LogP contribution in [0.25, 0.3) is 0 Å². The Morgan fingerprint density at radius 1 is 0.682 bits per heavy atom. The number of hydrogen-bond acceptors (Lipinski definition) is 2. The predicted molar refractivity (Wildman–Crippen MR) is 92.4 cm³/mol. The van der Waals surface area contributed by atoms with Crippen LogP contribution in [0.15, 0.2) is 78.9 Å². The lowest BCUT2D eigenvalue weighted by Gasteiger charge is -2.27. The largest absolute Gasteiger partial charge is 0.497 e. The molecular formula is C20H19NO. The minimum Gasteiger partial charge on any atom is -0.497 e. The molecule has 0 heterocycles. The molecule has 0 aliphatic rings. The molecule has 0 spiro atoms. The Balaban J connectivity index is 2.12. The van der Waals surface area contributed by atoms with Crippen LogP contribution < -0.4 is 9.64 Å². The zero-order valence-corrected chi connectivity index (χ0v) is 12.9. The van der Waals surface area contributed by atoms with E-state index in [0.717, 1.165) is 17.1 Å². The molecule has 0 N–H and O–H groups in total. The molecule has 0 bridgehead atoms. The van der Waals surface area contributed by atoms with Crippen molar-refractivity contribution in [2.75, 3.05) is 12.0 Å². The highest BCUT2D eigenvalue weighted by atomic mass is 16.5. The molecule has 0 aliphatic heterocycles. The van der Waals surface area contributed by atoms with Gasteiger partial charge in [0.25, 0.3) is 0 Å². The summed E-state index contributed by atoms with van der Waals surface area (Å²) in [6.07, 6.45) is 0. The molecule has 22 heavy (non-hydrogen) atoms. The lowest BCUT2D eigenvalue weighted by atomic mass is 10.1. The summed E-state index contributed by atoms with van der Waals surface area (Å²) in [6, 6.07) is 27.0. The van der Waals surface area contributed by atoms with Crippen LogP contribution in [0.4, 0.5) is 17.1 Å². The first kappa shape index (κ1) is 14.2. The van der Waals surface area contributed by atoms with Crippen molar-refractivity contribution in [2.45, 2.75) is 6.92 Å². The molecule has 0 saturated heterocycles. The van der Waals surface area contributed by atoms with Crippen molar-refractivity contribution in [3.63, 3.8) is 0 Å². The van der Waals surface area contributed by atoms with Crippen molar-refractivity contribution in [3.05, 3.63) is 84.4 Å². The van der Waals surface area contributed by atoms with Crippen LogP contribution in [0.2, 0.25) is 0 Å². The van der Waals surface area contributed by atoms with E-state index in [2.05, 4.69) is 72.5 Å². The van der Waals surface area contributed by atoms with Gasteiger partial charge in [0.1, 0.15) is 5.75 Å². The normalized spacial score (nSPS) is 10.3. The SMILES string of the molecule is COc1ccc(N(c2ccccc2)c2ccccc2C)cc1.